The van der Waals surface area contributed by atoms with E-state index < -0.39 is 0 Å². The summed E-state index contributed by atoms with van der Waals surface area (Å²) in [7, 11) is 0. The second-order valence-corrected chi connectivity index (χ2v) is 9.56. The van der Waals surface area contributed by atoms with E-state index in [0.717, 1.165) is 0 Å². The fourth-order valence-corrected chi connectivity index (χ4v) is 3.55. The Kier molecular flexibility index (Phi) is 14.3. The maximum absolute atomic E-state index is 11.5. The Morgan fingerprint density at radius 2 is 1.03 bits per heavy atom. The second-order valence-electron chi connectivity index (χ2n) is 7.41. The van der Waals surface area contributed by atoms with Gasteiger partial charge in [-0.15, -0.1) is 0 Å². The van der Waals surface area contributed by atoms with E-state index >= 15 is 0 Å². The Hall–Kier alpha value is -2.73. The van der Waals surface area contributed by atoms with Crippen molar-refractivity contribution in [2.24, 2.45) is 0 Å². The van der Waals surface area contributed by atoms with E-state index in [9.17, 15) is 9.59 Å². The molecule has 0 heterocycles. The van der Waals surface area contributed by atoms with Crippen molar-refractivity contribution in [1.29, 1.82) is 0 Å². The SMILES string of the molecule is C.CC(=O)c1cc(Cl)ccc1Cl.CC(=O)c1cc(Cl)ccc1Oc1ccc(Cl)cc1.Oc1ccc(Cl)cc1. The van der Waals surface area contributed by atoms with Gasteiger partial charge >= 0.3 is 0 Å². The Labute approximate surface area is 247 Å². The molecule has 0 unspecified atom stereocenters. The average Bonchev–Trinajstić information content (AvgIpc) is 2.85. The zero-order valence-electron chi connectivity index (χ0n) is 19.6. The highest BCUT2D eigenvalue weighted by molar-refractivity contribution is 6.35. The highest BCUT2D eigenvalue weighted by Crippen LogP contribution is 2.29. The van der Waals surface area contributed by atoms with Crippen LogP contribution in [0.4, 0.5) is 0 Å². The van der Waals surface area contributed by atoms with Gasteiger partial charge in [-0.1, -0.05) is 65.4 Å². The normalized spacial score (nSPS) is 9.55. The first kappa shape index (κ1) is 33.3. The molecule has 0 aliphatic heterocycles. The minimum absolute atomic E-state index is 0. The summed E-state index contributed by atoms with van der Waals surface area (Å²) in [6.45, 7) is 2.93. The van der Waals surface area contributed by atoms with Crippen LogP contribution < -0.4 is 4.74 Å². The number of aromatic hydroxyl groups is 1. The number of hydrogen-bond acceptors (Lipinski definition) is 4. The number of benzene rings is 4. The lowest BCUT2D eigenvalue weighted by molar-refractivity contribution is 0.100. The Bertz CT molecular complexity index is 1330. The molecule has 0 aliphatic carbocycles. The van der Waals surface area contributed by atoms with Crippen molar-refractivity contribution in [3.63, 3.8) is 0 Å². The van der Waals surface area contributed by atoms with Crippen LogP contribution in [0.2, 0.25) is 25.1 Å². The molecule has 0 saturated carbocycles. The highest BCUT2D eigenvalue weighted by Gasteiger charge is 2.10. The molecule has 4 nitrogen and oxygen atoms in total. The molecule has 0 saturated heterocycles. The molecule has 0 amide bonds. The van der Waals surface area contributed by atoms with E-state index in [1.54, 1.807) is 84.9 Å². The third-order valence-electron chi connectivity index (χ3n) is 4.50. The zero-order valence-corrected chi connectivity index (χ0v) is 23.4. The van der Waals surface area contributed by atoms with Crippen molar-refractivity contribution in [3.8, 4) is 17.2 Å². The molecule has 0 bridgehead atoms. The topological polar surface area (TPSA) is 63.6 Å². The van der Waals surface area contributed by atoms with Crippen LogP contribution in [0.15, 0.2) is 84.9 Å². The highest BCUT2D eigenvalue weighted by atomic mass is 35.5. The summed E-state index contributed by atoms with van der Waals surface area (Å²) in [5.74, 6) is 1.17. The summed E-state index contributed by atoms with van der Waals surface area (Å²) in [4.78, 5) is 22.4. The van der Waals surface area contributed by atoms with Crippen molar-refractivity contribution < 1.29 is 19.4 Å². The maximum Gasteiger partial charge on any atom is 0.163 e. The van der Waals surface area contributed by atoms with Gasteiger partial charge in [0.25, 0.3) is 0 Å². The Morgan fingerprint density at radius 1 is 0.605 bits per heavy atom. The number of phenols is 1. The van der Waals surface area contributed by atoms with Gasteiger partial charge in [0.05, 0.1) is 10.6 Å². The van der Waals surface area contributed by atoms with Crippen LogP contribution in [-0.2, 0) is 0 Å². The third-order valence-corrected chi connectivity index (χ3v) is 5.80. The summed E-state index contributed by atoms with van der Waals surface area (Å²) >= 11 is 28.5. The molecule has 200 valence electrons. The van der Waals surface area contributed by atoms with E-state index in [4.69, 9.17) is 67.8 Å². The predicted octanol–water partition coefficient (Wildman–Crippen LogP) is 10.9. The van der Waals surface area contributed by atoms with E-state index in [2.05, 4.69) is 0 Å². The molecule has 4 aromatic carbocycles. The number of rotatable bonds is 4. The lowest BCUT2D eigenvalue weighted by Gasteiger charge is -2.09. The van der Waals surface area contributed by atoms with Gasteiger partial charge in [0.2, 0.25) is 0 Å². The standard InChI is InChI=1S/C14H10Cl2O2.C8H6Cl2O.C6H5ClO.CH4/c1-9(17)13-8-11(16)4-7-14(13)18-12-5-2-10(15)3-6-12;1-5(11)7-4-6(9)2-3-8(7)10;7-5-1-3-6(8)4-2-5;/h2-8H,1H3;2-4H,1H3;1-4,8H;1H4. The molecular formula is C29H25Cl5O4. The molecule has 0 aromatic heterocycles. The van der Waals surface area contributed by atoms with E-state index in [0.29, 0.717) is 47.7 Å². The van der Waals surface area contributed by atoms with Crippen LogP contribution >= 0.6 is 58.0 Å². The van der Waals surface area contributed by atoms with E-state index in [1.165, 1.54) is 13.8 Å². The van der Waals surface area contributed by atoms with Crippen molar-refractivity contribution >= 4 is 69.6 Å². The zero-order chi connectivity index (χ0) is 27.5. The van der Waals surface area contributed by atoms with Crippen LogP contribution in [0.3, 0.4) is 0 Å². The summed E-state index contributed by atoms with van der Waals surface area (Å²) < 4.78 is 5.64. The first-order valence-electron chi connectivity index (χ1n) is 10.6. The molecule has 0 atom stereocenters. The molecular weight excluding hydrogens is 590 g/mol. The number of hydrogen-bond donors (Lipinski definition) is 1. The molecule has 0 spiro atoms. The van der Waals surface area contributed by atoms with Gasteiger partial charge in [-0.05, 0) is 98.8 Å². The van der Waals surface area contributed by atoms with Gasteiger partial charge in [-0.2, -0.15) is 0 Å². The van der Waals surface area contributed by atoms with E-state index in [-0.39, 0.29) is 24.7 Å². The number of Topliss-reactive ketones (excluding diaryl/α,β-unsaturated/α-hetero) is 2. The molecule has 1 N–H and O–H groups in total. The average molecular weight is 615 g/mol. The lowest BCUT2D eigenvalue weighted by Crippen LogP contribution is -1.97. The van der Waals surface area contributed by atoms with E-state index in [1.807, 2.05) is 0 Å². The van der Waals surface area contributed by atoms with Crippen molar-refractivity contribution in [2.75, 3.05) is 0 Å². The summed E-state index contributed by atoms with van der Waals surface area (Å²) in [6, 6.07) is 23.0. The number of carbonyl (C=O) groups excluding carboxylic acids is 2. The number of ketones is 2. The number of halogens is 5. The van der Waals surface area contributed by atoms with Gasteiger partial charge in [0, 0.05) is 25.7 Å². The summed E-state index contributed by atoms with van der Waals surface area (Å²) in [6.07, 6.45) is 0. The molecule has 0 fully saturated rings. The second kappa shape index (κ2) is 16.3. The molecule has 0 radical (unpaired) electrons. The minimum atomic E-state index is -0.0959. The maximum atomic E-state index is 11.5. The fraction of sp³-hybridized carbons (Fsp3) is 0.103. The molecule has 4 rings (SSSR count). The van der Waals surface area contributed by atoms with Crippen LogP contribution in [0, 0.1) is 0 Å². The summed E-state index contributed by atoms with van der Waals surface area (Å²) in [5, 5.41) is 11.4. The third kappa shape index (κ3) is 11.3. The van der Waals surface area contributed by atoms with Gasteiger partial charge in [-0.3, -0.25) is 9.59 Å². The molecule has 0 aliphatic rings. The number of carbonyl (C=O) groups is 2. The molecule has 9 heteroatoms. The monoisotopic (exact) mass is 612 g/mol. The van der Waals surface area contributed by atoms with Crippen molar-refractivity contribution in [3.05, 3.63) is 121 Å². The predicted molar refractivity (Wildman–Crippen MR) is 159 cm³/mol. The van der Waals surface area contributed by atoms with Crippen LogP contribution in [0.5, 0.6) is 17.2 Å². The Morgan fingerprint density at radius 3 is 1.47 bits per heavy atom. The smallest absolute Gasteiger partial charge is 0.163 e. The largest absolute Gasteiger partial charge is 0.508 e. The van der Waals surface area contributed by atoms with Gasteiger partial charge in [0.15, 0.2) is 11.6 Å². The fourth-order valence-electron chi connectivity index (χ4n) is 2.70. The number of ether oxygens (including phenoxy) is 1. The number of phenolic OH excluding ortho intramolecular Hbond substituents is 1. The lowest BCUT2D eigenvalue weighted by atomic mass is 10.1. The quantitative estimate of drug-likeness (QED) is 0.232. The summed E-state index contributed by atoms with van der Waals surface area (Å²) in [5.41, 5.74) is 0.927. The first-order valence-corrected chi connectivity index (χ1v) is 12.5. The van der Waals surface area contributed by atoms with Gasteiger partial charge in [-0.25, -0.2) is 0 Å². The van der Waals surface area contributed by atoms with Crippen molar-refractivity contribution in [1.82, 2.24) is 0 Å². The first-order chi connectivity index (χ1) is 17.5. The van der Waals surface area contributed by atoms with Crippen LogP contribution in [-0.4, -0.2) is 16.7 Å². The Balaban J connectivity index is 0.000000309. The van der Waals surface area contributed by atoms with Gasteiger partial charge in [0.1, 0.15) is 17.2 Å². The van der Waals surface area contributed by atoms with Crippen LogP contribution in [0.25, 0.3) is 0 Å². The molecule has 38 heavy (non-hydrogen) atoms. The van der Waals surface area contributed by atoms with Crippen LogP contribution in [0.1, 0.15) is 42.0 Å². The minimum Gasteiger partial charge on any atom is -0.508 e. The van der Waals surface area contributed by atoms with Crippen molar-refractivity contribution in [2.45, 2.75) is 21.3 Å². The van der Waals surface area contributed by atoms with Gasteiger partial charge < -0.3 is 9.84 Å². The molecule has 4 aromatic rings.